The number of aromatic nitrogens is 3. The molecule has 2 atom stereocenters. The lowest BCUT2D eigenvalue weighted by atomic mass is 9.79. The summed E-state index contributed by atoms with van der Waals surface area (Å²) < 4.78 is 7.63. The summed E-state index contributed by atoms with van der Waals surface area (Å²) in [6.45, 7) is 9.08. The van der Waals surface area contributed by atoms with Gasteiger partial charge >= 0.3 is 5.97 Å². The maximum atomic E-state index is 13.3. The van der Waals surface area contributed by atoms with Crippen LogP contribution in [0, 0.1) is 19.8 Å². The average molecular weight is 476 g/mol. The molecule has 0 spiro atoms. The van der Waals surface area contributed by atoms with Gasteiger partial charge in [0.05, 0.1) is 11.4 Å². The summed E-state index contributed by atoms with van der Waals surface area (Å²) in [7, 11) is 0. The molecule has 0 aliphatic heterocycles. The van der Waals surface area contributed by atoms with Gasteiger partial charge in [0.1, 0.15) is 12.1 Å². The highest BCUT2D eigenvalue weighted by Gasteiger charge is 2.31. The standard InChI is InChI=1S/C28H30ClN3O2/c1-5-32-25-14-13-24(19(3)27(25)30-31-32)26(22-12-11-18(2)23(15-22)16-29)20(4)28(33)34-17-21-9-7-6-8-10-21/h6-15,20,26H,5,16-17H2,1-4H3/t20-,26+/m0/s1. The zero-order valence-corrected chi connectivity index (χ0v) is 20.8. The van der Waals surface area contributed by atoms with E-state index in [9.17, 15) is 4.79 Å². The zero-order valence-electron chi connectivity index (χ0n) is 20.1. The van der Waals surface area contributed by atoms with E-state index >= 15 is 0 Å². The van der Waals surface area contributed by atoms with Gasteiger partial charge in [0.15, 0.2) is 0 Å². The van der Waals surface area contributed by atoms with Gasteiger partial charge in [0, 0.05) is 18.3 Å². The lowest BCUT2D eigenvalue weighted by Gasteiger charge is -2.26. The minimum Gasteiger partial charge on any atom is -0.461 e. The molecule has 1 heterocycles. The Morgan fingerprint density at radius 3 is 2.56 bits per heavy atom. The summed E-state index contributed by atoms with van der Waals surface area (Å²) in [5.41, 5.74) is 8.12. The van der Waals surface area contributed by atoms with Crippen molar-refractivity contribution in [1.29, 1.82) is 0 Å². The second-order valence-corrected chi connectivity index (χ2v) is 9.00. The van der Waals surface area contributed by atoms with Gasteiger partial charge in [-0.2, -0.15) is 0 Å². The summed E-state index contributed by atoms with van der Waals surface area (Å²) in [5.74, 6) is -0.435. The number of nitrogens with zero attached hydrogens (tertiary/aromatic N) is 3. The number of benzene rings is 3. The fraction of sp³-hybridized carbons (Fsp3) is 0.321. The number of hydrogen-bond donors (Lipinski definition) is 0. The molecule has 0 saturated heterocycles. The fourth-order valence-electron chi connectivity index (χ4n) is 4.52. The van der Waals surface area contributed by atoms with E-state index in [1.807, 2.05) is 54.9 Å². The molecule has 0 aliphatic carbocycles. The van der Waals surface area contributed by atoms with Gasteiger partial charge in [-0.25, -0.2) is 4.68 Å². The van der Waals surface area contributed by atoms with Crippen molar-refractivity contribution in [3.63, 3.8) is 0 Å². The number of fused-ring (bicyclic) bond motifs is 1. The van der Waals surface area contributed by atoms with Crippen molar-refractivity contribution in [1.82, 2.24) is 15.0 Å². The molecule has 0 aliphatic rings. The molecule has 0 amide bonds. The molecule has 0 N–H and O–H groups in total. The van der Waals surface area contributed by atoms with Crippen LogP contribution >= 0.6 is 11.6 Å². The van der Waals surface area contributed by atoms with Crippen molar-refractivity contribution >= 4 is 28.6 Å². The molecule has 0 bridgehead atoms. The third kappa shape index (κ3) is 4.71. The second kappa shape index (κ2) is 10.4. The third-order valence-electron chi connectivity index (χ3n) is 6.59. The summed E-state index contributed by atoms with van der Waals surface area (Å²) in [6.07, 6.45) is 0. The summed E-state index contributed by atoms with van der Waals surface area (Å²) in [6, 6.07) is 20.2. The van der Waals surface area contributed by atoms with E-state index in [1.165, 1.54) is 0 Å². The van der Waals surface area contributed by atoms with Crippen LogP contribution in [0.1, 0.15) is 53.1 Å². The normalized spacial score (nSPS) is 13.1. The lowest BCUT2D eigenvalue weighted by Crippen LogP contribution is -2.24. The Hall–Kier alpha value is -3.18. The number of carbonyl (C=O) groups excluding carboxylic acids is 1. The van der Waals surface area contributed by atoms with Crippen LogP contribution in [0.3, 0.4) is 0 Å². The first-order chi connectivity index (χ1) is 16.4. The quantitative estimate of drug-likeness (QED) is 0.221. The highest BCUT2D eigenvalue weighted by molar-refractivity contribution is 6.17. The number of hydrogen-bond acceptors (Lipinski definition) is 4. The van der Waals surface area contributed by atoms with Crippen LogP contribution in [-0.2, 0) is 28.6 Å². The van der Waals surface area contributed by atoms with Gasteiger partial charge in [-0.15, -0.1) is 16.7 Å². The first-order valence-electron chi connectivity index (χ1n) is 11.6. The maximum absolute atomic E-state index is 13.3. The molecule has 4 rings (SSSR count). The van der Waals surface area contributed by atoms with Crippen LogP contribution in [0.2, 0.25) is 0 Å². The number of esters is 1. The Morgan fingerprint density at radius 2 is 1.85 bits per heavy atom. The first kappa shape index (κ1) is 24.0. The van der Waals surface area contributed by atoms with Gasteiger partial charge in [-0.05, 0) is 60.2 Å². The van der Waals surface area contributed by atoms with Crippen LogP contribution in [0.15, 0.2) is 60.7 Å². The van der Waals surface area contributed by atoms with Gasteiger partial charge in [-0.3, -0.25) is 4.79 Å². The lowest BCUT2D eigenvalue weighted by molar-refractivity contribution is -0.149. The molecule has 0 saturated carbocycles. The zero-order chi connectivity index (χ0) is 24.2. The average Bonchev–Trinajstić information content (AvgIpc) is 3.29. The highest BCUT2D eigenvalue weighted by atomic mass is 35.5. The molecule has 0 unspecified atom stereocenters. The Balaban J connectivity index is 1.75. The second-order valence-electron chi connectivity index (χ2n) is 8.73. The van der Waals surface area contributed by atoms with Crippen LogP contribution in [0.4, 0.5) is 0 Å². The maximum Gasteiger partial charge on any atom is 0.309 e. The van der Waals surface area contributed by atoms with E-state index in [0.717, 1.165) is 51.0 Å². The summed E-state index contributed by atoms with van der Waals surface area (Å²) >= 11 is 6.23. The van der Waals surface area contributed by atoms with E-state index < -0.39 is 5.92 Å². The van der Waals surface area contributed by atoms with Crippen molar-refractivity contribution in [3.8, 4) is 0 Å². The highest BCUT2D eigenvalue weighted by Crippen LogP contribution is 2.37. The van der Waals surface area contributed by atoms with Gasteiger partial charge < -0.3 is 4.74 Å². The SMILES string of the molecule is CCn1nnc2c(C)c([C@@H](c3ccc(C)c(CCl)c3)[C@H](C)C(=O)OCc3ccccc3)ccc21. The molecule has 34 heavy (non-hydrogen) atoms. The molecule has 4 aromatic rings. The number of rotatable bonds is 8. The van der Waals surface area contributed by atoms with Gasteiger partial charge in [0.2, 0.25) is 0 Å². The Kier molecular flexibility index (Phi) is 7.32. The van der Waals surface area contributed by atoms with E-state index in [4.69, 9.17) is 16.3 Å². The topological polar surface area (TPSA) is 57.0 Å². The predicted octanol–water partition coefficient (Wildman–Crippen LogP) is 6.32. The van der Waals surface area contributed by atoms with Crippen LogP contribution in [0.5, 0.6) is 0 Å². The van der Waals surface area contributed by atoms with Crippen LogP contribution in [0.25, 0.3) is 11.0 Å². The molecule has 0 fully saturated rings. The van der Waals surface area contributed by atoms with Crippen molar-refractivity contribution in [2.24, 2.45) is 5.92 Å². The number of ether oxygens (including phenoxy) is 1. The van der Waals surface area contributed by atoms with Crippen LogP contribution in [-0.4, -0.2) is 21.0 Å². The van der Waals surface area contributed by atoms with Crippen molar-refractivity contribution in [3.05, 3.63) is 94.0 Å². The monoisotopic (exact) mass is 475 g/mol. The Bertz CT molecular complexity index is 1300. The van der Waals surface area contributed by atoms with Gasteiger partial charge in [0.25, 0.3) is 0 Å². The smallest absolute Gasteiger partial charge is 0.309 e. The van der Waals surface area contributed by atoms with Crippen molar-refractivity contribution in [2.75, 3.05) is 0 Å². The molecule has 1 aromatic heterocycles. The molecule has 3 aromatic carbocycles. The largest absolute Gasteiger partial charge is 0.461 e. The van der Waals surface area contributed by atoms with Gasteiger partial charge in [-0.1, -0.05) is 66.7 Å². The molecular formula is C28H30ClN3O2. The number of aryl methyl sites for hydroxylation is 3. The molecule has 5 nitrogen and oxygen atoms in total. The van der Waals surface area contributed by atoms with E-state index in [0.29, 0.717) is 5.88 Å². The van der Waals surface area contributed by atoms with E-state index in [2.05, 4.69) is 48.4 Å². The third-order valence-corrected chi connectivity index (χ3v) is 6.88. The Morgan fingerprint density at radius 1 is 1.09 bits per heavy atom. The minimum atomic E-state index is -0.410. The number of halogens is 1. The number of alkyl halides is 1. The van der Waals surface area contributed by atoms with Crippen molar-refractivity contribution < 1.29 is 9.53 Å². The van der Waals surface area contributed by atoms with E-state index in [1.54, 1.807) is 0 Å². The molecule has 6 heteroatoms. The van der Waals surface area contributed by atoms with Crippen LogP contribution < -0.4 is 0 Å². The molecule has 0 radical (unpaired) electrons. The predicted molar refractivity (Wildman–Crippen MR) is 136 cm³/mol. The summed E-state index contributed by atoms with van der Waals surface area (Å²) in [4.78, 5) is 13.3. The first-order valence-corrected chi connectivity index (χ1v) is 12.2. The number of carbonyl (C=O) groups is 1. The fourth-order valence-corrected chi connectivity index (χ4v) is 4.80. The molecular weight excluding hydrogens is 446 g/mol. The summed E-state index contributed by atoms with van der Waals surface area (Å²) in [5, 5.41) is 8.72. The molecule has 176 valence electrons. The Labute approximate surface area is 205 Å². The minimum absolute atomic E-state index is 0.206. The van der Waals surface area contributed by atoms with E-state index in [-0.39, 0.29) is 18.5 Å². The van der Waals surface area contributed by atoms with Crippen molar-refractivity contribution in [2.45, 2.75) is 52.6 Å².